The number of anilines is 1. The van der Waals surface area contributed by atoms with E-state index < -0.39 is 0 Å². The largest absolute Gasteiger partial charge is 0.478 e. The van der Waals surface area contributed by atoms with Crippen molar-refractivity contribution in [3.8, 4) is 5.88 Å². The number of amides is 1. The number of carbonyl (C=O) groups excluding carboxylic acids is 1. The highest BCUT2D eigenvalue weighted by Gasteiger charge is 2.24. The Morgan fingerprint density at radius 3 is 2.67 bits per heavy atom. The van der Waals surface area contributed by atoms with Crippen LogP contribution in [0.15, 0.2) is 24.3 Å². The second-order valence-corrected chi connectivity index (χ2v) is 7.54. The fourth-order valence-electron chi connectivity index (χ4n) is 3.89. The van der Waals surface area contributed by atoms with E-state index in [0.29, 0.717) is 44.6 Å². The van der Waals surface area contributed by atoms with Crippen LogP contribution >= 0.6 is 0 Å². The molecular weight excluding hydrogens is 385 g/mol. The Labute approximate surface area is 174 Å². The molecule has 1 amide bonds. The van der Waals surface area contributed by atoms with E-state index in [0.717, 1.165) is 27.9 Å². The Hall–Kier alpha value is -3.16. The average Bonchev–Trinajstić information content (AvgIpc) is 3.02. The zero-order valence-corrected chi connectivity index (χ0v) is 17.5. The Kier molecular flexibility index (Phi) is 5.57. The SMILES string of the molecule is CCOc1cc(C)nc(N2CCN(C(=O)Cc3c(C)[nH]c4ccc(F)cc34)CC2)n1. The summed E-state index contributed by atoms with van der Waals surface area (Å²) in [7, 11) is 0. The van der Waals surface area contributed by atoms with E-state index in [-0.39, 0.29) is 18.1 Å². The highest BCUT2D eigenvalue weighted by Crippen LogP contribution is 2.24. The van der Waals surface area contributed by atoms with Crippen molar-refractivity contribution in [1.82, 2.24) is 19.9 Å². The molecule has 7 nitrogen and oxygen atoms in total. The van der Waals surface area contributed by atoms with Gasteiger partial charge in [0.25, 0.3) is 0 Å². The predicted octanol–water partition coefficient (Wildman–Crippen LogP) is 3.00. The van der Waals surface area contributed by atoms with Crippen LogP contribution in [0.25, 0.3) is 10.9 Å². The second kappa shape index (κ2) is 8.30. The van der Waals surface area contributed by atoms with Crippen molar-refractivity contribution in [1.29, 1.82) is 0 Å². The molecule has 3 heterocycles. The minimum atomic E-state index is -0.298. The molecule has 1 fully saturated rings. The van der Waals surface area contributed by atoms with E-state index in [9.17, 15) is 9.18 Å². The Morgan fingerprint density at radius 1 is 1.17 bits per heavy atom. The van der Waals surface area contributed by atoms with Crippen molar-refractivity contribution in [2.24, 2.45) is 0 Å². The maximum absolute atomic E-state index is 13.7. The van der Waals surface area contributed by atoms with Crippen molar-refractivity contribution >= 4 is 22.8 Å². The average molecular weight is 411 g/mol. The highest BCUT2D eigenvalue weighted by atomic mass is 19.1. The number of hydrogen-bond donors (Lipinski definition) is 1. The van der Waals surface area contributed by atoms with Gasteiger partial charge in [0.05, 0.1) is 13.0 Å². The molecule has 3 aromatic rings. The van der Waals surface area contributed by atoms with Crippen LogP contribution in [0, 0.1) is 19.7 Å². The van der Waals surface area contributed by atoms with Gasteiger partial charge in [-0.05, 0) is 44.5 Å². The van der Waals surface area contributed by atoms with E-state index in [2.05, 4.69) is 19.9 Å². The maximum atomic E-state index is 13.7. The molecular formula is C22H26FN5O2. The first-order chi connectivity index (χ1) is 14.4. The number of carbonyl (C=O) groups is 1. The van der Waals surface area contributed by atoms with Crippen LogP contribution in [-0.4, -0.2) is 58.5 Å². The fraction of sp³-hybridized carbons (Fsp3) is 0.409. The highest BCUT2D eigenvalue weighted by molar-refractivity contribution is 5.90. The fourth-order valence-corrected chi connectivity index (χ4v) is 3.89. The van der Waals surface area contributed by atoms with Crippen LogP contribution in [0.2, 0.25) is 0 Å². The lowest BCUT2D eigenvalue weighted by Crippen LogP contribution is -2.49. The number of fused-ring (bicyclic) bond motifs is 1. The number of nitrogens with one attached hydrogen (secondary N) is 1. The molecule has 0 spiro atoms. The monoisotopic (exact) mass is 411 g/mol. The molecule has 2 aromatic heterocycles. The molecule has 4 rings (SSSR count). The topological polar surface area (TPSA) is 74.3 Å². The van der Waals surface area contributed by atoms with Gasteiger partial charge < -0.3 is 19.5 Å². The van der Waals surface area contributed by atoms with Crippen molar-refractivity contribution in [3.63, 3.8) is 0 Å². The molecule has 1 aromatic carbocycles. The minimum Gasteiger partial charge on any atom is -0.478 e. The minimum absolute atomic E-state index is 0.0445. The summed E-state index contributed by atoms with van der Waals surface area (Å²) in [5.74, 6) is 0.950. The number of rotatable bonds is 5. The lowest BCUT2D eigenvalue weighted by atomic mass is 10.1. The van der Waals surface area contributed by atoms with Crippen LogP contribution in [0.5, 0.6) is 5.88 Å². The van der Waals surface area contributed by atoms with E-state index >= 15 is 0 Å². The number of hydrogen-bond acceptors (Lipinski definition) is 5. The molecule has 0 atom stereocenters. The van der Waals surface area contributed by atoms with E-state index in [4.69, 9.17) is 4.74 Å². The van der Waals surface area contributed by atoms with E-state index in [1.165, 1.54) is 12.1 Å². The van der Waals surface area contributed by atoms with E-state index in [1.54, 1.807) is 6.07 Å². The molecule has 1 aliphatic rings. The smallest absolute Gasteiger partial charge is 0.228 e. The van der Waals surface area contributed by atoms with Gasteiger partial charge in [0.2, 0.25) is 17.7 Å². The molecule has 0 unspecified atom stereocenters. The second-order valence-electron chi connectivity index (χ2n) is 7.54. The number of H-pyrrole nitrogens is 1. The quantitative estimate of drug-likeness (QED) is 0.699. The molecule has 1 N–H and O–H groups in total. The summed E-state index contributed by atoms with van der Waals surface area (Å²) in [6.45, 7) is 8.81. The summed E-state index contributed by atoms with van der Waals surface area (Å²) in [6.07, 6.45) is 0.255. The summed E-state index contributed by atoms with van der Waals surface area (Å²) in [6, 6.07) is 6.44. The molecule has 1 saturated heterocycles. The Morgan fingerprint density at radius 2 is 1.93 bits per heavy atom. The zero-order chi connectivity index (χ0) is 21.3. The van der Waals surface area contributed by atoms with Crippen LogP contribution in [-0.2, 0) is 11.2 Å². The third-order valence-electron chi connectivity index (χ3n) is 5.44. The standard InChI is InChI=1S/C22H26FN5O2/c1-4-30-20-11-14(2)24-22(26-20)28-9-7-27(8-10-28)21(29)13-17-15(3)25-19-6-5-16(23)12-18(17)19/h5-6,11-12,25H,4,7-10,13H2,1-3H3. The van der Waals surface area contributed by atoms with Crippen molar-refractivity contribution in [3.05, 3.63) is 47.0 Å². The maximum Gasteiger partial charge on any atom is 0.228 e. The van der Waals surface area contributed by atoms with E-state index in [1.807, 2.05) is 31.7 Å². The number of nitrogens with zero attached hydrogens (tertiary/aromatic N) is 4. The number of halogens is 1. The van der Waals surface area contributed by atoms with Crippen LogP contribution in [0.3, 0.4) is 0 Å². The molecule has 158 valence electrons. The van der Waals surface area contributed by atoms with Crippen LogP contribution in [0.4, 0.5) is 10.3 Å². The first-order valence-electron chi connectivity index (χ1n) is 10.2. The van der Waals surface area contributed by atoms with Gasteiger partial charge in [0.1, 0.15) is 5.82 Å². The Bertz CT molecular complexity index is 1070. The number of piperazine rings is 1. The summed E-state index contributed by atoms with van der Waals surface area (Å²) in [5.41, 5.74) is 3.46. The number of aryl methyl sites for hydroxylation is 2. The summed E-state index contributed by atoms with van der Waals surface area (Å²) in [4.78, 5) is 29.1. The van der Waals surface area contributed by atoms with Crippen molar-refractivity contribution in [2.45, 2.75) is 27.2 Å². The van der Waals surface area contributed by atoms with Crippen LogP contribution in [0.1, 0.15) is 23.9 Å². The van der Waals surface area contributed by atoms with Crippen LogP contribution < -0.4 is 9.64 Å². The lowest BCUT2D eigenvalue weighted by molar-refractivity contribution is -0.130. The van der Waals surface area contributed by atoms with Crippen molar-refractivity contribution in [2.75, 3.05) is 37.7 Å². The van der Waals surface area contributed by atoms with Crippen molar-refractivity contribution < 1.29 is 13.9 Å². The Balaban J connectivity index is 1.43. The van der Waals surface area contributed by atoms with Gasteiger partial charge in [-0.15, -0.1) is 0 Å². The lowest BCUT2D eigenvalue weighted by Gasteiger charge is -2.35. The molecule has 8 heteroatoms. The van der Waals surface area contributed by atoms with Gasteiger partial charge in [-0.2, -0.15) is 4.98 Å². The van der Waals surface area contributed by atoms with Gasteiger partial charge in [0, 0.05) is 54.5 Å². The zero-order valence-electron chi connectivity index (χ0n) is 17.5. The summed E-state index contributed by atoms with van der Waals surface area (Å²) < 4.78 is 19.2. The molecule has 30 heavy (non-hydrogen) atoms. The third-order valence-corrected chi connectivity index (χ3v) is 5.44. The van der Waals surface area contributed by atoms with Gasteiger partial charge in [-0.25, -0.2) is 9.37 Å². The normalized spacial score (nSPS) is 14.4. The molecule has 0 radical (unpaired) electrons. The van der Waals surface area contributed by atoms with Gasteiger partial charge in [-0.3, -0.25) is 4.79 Å². The first-order valence-corrected chi connectivity index (χ1v) is 10.2. The molecule has 1 aliphatic heterocycles. The predicted molar refractivity (Wildman–Crippen MR) is 113 cm³/mol. The van der Waals surface area contributed by atoms with Gasteiger partial charge in [-0.1, -0.05) is 0 Å². The number of aromatic amines is 1. The molecule has 0 bridgehead atoms. The summed E-state index contributed by atoms with van der Waals surface area (Å²) in [5, 5.41) is 0.774. The molecule has 0 saturated carbocycles. The third kappa shape index (κ3) is 4.08. The molecule has 0 aliphatic carbocycles. The number of aromatic nitrogens is 3. The van der Waals surface area contributed by atoms with Gasteiger partial charge >= 0.3 is 0 Å². The number of benzene rings is 1. The number of ether oxygens (including phenoxy) is 1. The first kappa shape index (κ1) is 20.1. The van der Waals surface area contributed by atoms with Gasteiger partial charge in [0.15, 0.2) is 0 Å². The summed E-state index contributed by atoms with van der Waals surface area (Å²) >= 11 is 0.